The molecule has 0 spiro atoms. The average molecular weight is 368 g/mol. The van der Waals surface area contributed by atoms with Crippen LogP contribution in [0.4, 0.5) is 10.5 Å². The molecule has 1 aliphatic rings. The summed E-state index contributed by atoms with van der Waals surface area (Å²) in [5.74, 6) is -0.706. The molecule has 1 saturated heterocycles. The van der Waals surface area contributed by atoms with Crippen LogP contribution in [0, 0.1) is 12.8 Å². The van der Waals surface area contributed by atoms with Crippen LogP contribution in [-0.4, -0.2) is 35.7 Å². The molecular formula is C21H24N2O4. The molecule has 2 amide bonds. The van der Waals surface area contributed by atoms with Gasteiger partial charge in [0.05, 0.1) is 19.1 Å². The summed E-state index contributed by atoms with van der Waals surface area (Å²) in [7, 11) is 1.58. The van der Waals surface area contributed by atoms with E-state index in [-0.39, 0.29) is 18.6 Å². The van der Waals surface area contributed by atoms with Crippen LogP contribution in [0.25, 0.3) is 0 Å². The van der Waals surface area contributed by atoms with Gasteiger partial charge in [-0.25, -0.2) is 4.79 Å². The summed E-state index contributed by atoms with van der Waals surface area (Å²) >= 11 is 0. The van der Waals surface area contributed by atoms with Gasteiger partial charge in [-0.15, -0.1) is 0 Å². The van der Waals surface area contributed by atoms with E-state index < -0.39 is 11.9 Å². The van der Waals surface area contributed by atoms with Gasteiger partial charge in [0, 0.05) is 12.2 Å². The zero-order valence-electron chi connectivity index (χ0n) is 15.5. The number of methoxy groups -OCH3 is 1. The van der Waals surface area contributed by atoms with E-state index in [1.54, 1.807) is 36.3 Å². The number of carboxylic acid groups (broad SMARTS) is 1. The number of rotatable bonds is 4. The number of benzene rings is 2. The zero-order valence-corrected chi connectivity index (χ0v) is 15.5. The number of nitrogens with zero attached hydrogens (tertiary/aromatic N) is 1. The predicted octanol–water partition coefficient (Wildman–Crippen LogP) is 4.07. The van der Waals surface area contributed by atoms with Crippen LogP contribution in [0.15, 0.2) is 48.5 Å². The lowest BCUT2D eigenvalue weighted by Crippen LogP contribution is -2.46. The normalized spacial score (nSPS) is 19.4. The fourth-order valence-electron chi connectivity index (χ4n) is 3.49. The highest BCUT2D eigenvalue weighted by Gasteiger charge is 2.35. The van der Waals surface area contributed by atoms with E-state index in [0.29, 0.717) is 24.3 Å². The molecule has 0 bridgehead atoms. The minimum atomic E-state index is -0.861. The minimum Gasteiger partial charge on any atom is -0.497 e. The van der Waals surface area contributed by atoms with Crippen molar-refractivity contribution < 1.29 is 19.4 Å². The number of carbonyl (C=O) groups excluding carboxylic acids is 1. The third-order valence-corrected chi connectivity index (χ3v) is 4.96. The standard InChI is InChI=1S/C21H24N2O4/c1-14-4-3-5-15(12-14)19-11-6-16(20(24)25)13-23(19)21(26)22-17-7-9-18(27-2)10-8-17/h3-5,7-10,12,16,19H,6,11,13H2,1-2H3,(H,22,26)(H,24,25). The number of carboxylic acids is 1. The van der Waals surface area contributed by atoms with Crippen molar-refractivity contribution in [1.82, 2.24) is 4.90 Å². The molecule has 3 rings (SSSR count). The Morgan fingerprint density at radius 3 is 2.52 bits per heavy atom. The molecule has 1 fully saturated rings. The van der Waals surface area contributed by atoms with Crippen molar-refractivity contribution >= 4 is 17.7 Å². The molecule has 0 aliphatic carbocycles. The van der Waals surface area contributed by atoms with Gasteiger partial charge in [-0.05, 0) is 49.6 Å². The molecule has 2 unspecified atom stereocenters. The predicted molar refractivity (Wildman–Crippen MR) is 103 cm³/mol. The Balaban J connectivity index is 1.82. The van der Waals surface area contributed by atoms with Crippen LogP contribution < -0.4 is 10.1 Å². The van der Waals surface area contributed by atoms with Crippen LogP contribution in [-0.2, 0) is 4.79 Å². The van der Waals surface area contributed by atoms with E-state index >= 15 is 0 Å². The van der Waals surface area contributed by atoms with Gasteiger partial charge < -0.3 is 20.1 Å². The summed E-state index contributed by atoms with van der Waals surface area (Å²) in [5.41, 5.74) is 2.79. The Morgan fingerprint density at radius 2 is 1.89 bits per heavy atom. The van der Waals surface area contributed by atoms with Gasteiger partial charge in [-0.2, -0.15) is 0 Å². The second-order valence-corrected chi connectivity index (χ2v) is 6.85. The number of anilines is 1. The summed E-state index contributed by atoms with van der Waals surface area (Å²) in [6.45, 7) is 2.20. The number of aryl methyl sites for hydroxylation is 1. The molecule has 1 aliphatic heterocycles. The number of piperidine rings is 1. The molecule has 6 nitrogen and oxygen atoms in total. The lowest BCUT2D eigenvalue weighted by molar-refractivity contribution is -0.143. The average Bonchev–Trinajstić information content (AvgIpc) is 2.68. The lowest BCUT2D eigenvalue weighted by atomic mass is 9.89. The highest BCUT2D eigenvalue weighted by Crippen LogP contribution is 2.34. The molecule has 27 heavy (non-hydrogen) atoms. The first-order valence-electron chi connectivity index (χ1n) is 8.99. The number of amides is 2. The molecule has 2 N–H and O–H groups in total. The molecule has 0 radical (unpaired) electrons. The van der Waals surface area contributed by atoms with Crippen LogP contribution in [0.5, 0.6) is 5.75 Å². The van der Waals surface area contributed by atoms with Gasteiger partial charge in [-0.3, -0.25) is 4.79 Å². The van der Waals surface area contributed by atoms with E-state index in [4.69, 9.17) is 4.74 Å². The van der Waals surface area contributed by atoms with Crippen molar-refractivity contribution in [2.45, 2.75) is 25.8 Å². The summed E-state index contributed by atoms with van der Waals surface area (Å²) < 4.78 is 5.13. The SMILES string of the molecule is COc1ccc(NC(=O)N2CC(C(=O)O)CCC2c2cccc(C)c2)cc1. The molecule has 1 heterocycles. The topological polar surface area (TPSA) is 78.9 Å². The first kappa shape index (κ1) is 18.8. The number of carbonyl (C=O) groups is 2. The second kappa shape index (κ2) is 8.12. The maximum atomic E-state index is 12.9. The largest absolute Gasteiger partial charge is 0.497 e. The van der Waals surface area contributed by atoms with Crippen molar-refractivity contribution in [3.63, 3.8) is 0 Å². The van der Waals surface area contributed by atoms with Gasteiger partial charge in [0.2, 0.25) is 0 Å². The van der Waals surface area contributed by atoms with Crippen molar-refractivity contribution in [3.05, 3.63) is 59.7 Å². The molecule has 2 atom stereocenters. The van der Waals surface area contributed by atoms with Crippen molar-refractivity contribution in [2.24, 2.45) is 5.92 Å². The summed E-state index contributed by atoms with van der Waals surface area (Å²) in [5, 5.41) is 12.3. The highest BCUT2D eigenvalue weighted by molar-refractivity contribution is 5.90. The summed E-state index contributed by atoms with van der Waals surface area (Å²) in [6.07, 6.45) is 1.18. The Labute approximate surface area is 158 Å². The van der Waals surface area contributed by atoms with Crippen molar-refractivity contribution in [3.8, 4) is 5.75 Å². The maximum absolute atomic E-state index is 12.9. The number of hydrogen-bond donors (Lipinski definition) is 2. The molecule has 142 valence electrons. The molecule has 0 saturated carbocycles. The van der Waals surface area contributed by atoms with Gasteiger partial charge in [0.1, 0.15) is 5.75 Å². The smallest absolute Gasteiger partial charge is 0.322 e. The number of urea groups is 1. The van der Waals surface area contributed by atoms with Gasteiger partial charge >= 0.3 is 12.0 Å². The Morgan fingerprint density at radius 1 is 1.15 bits per heavy atom. The van der Waals surface area contributed by atoms with E-state index in [1.165, 1.54) is 0 Å². The molecule has 0 aromatic heterocycles. The maximum Gasteiger partial charge on any atom is 0.322 e. The third-order valence-electron chi connectivity index (χ3n) is 4.96. The van der Waals surface area contributed by atoms with Crippen molar-refractivity contribution in [1.29, 1.82) is 0 Å². The molecule has 2 aromatic carbocycles. The van der Waals surface area contributed by atoms with Crippen LogP contribution in [0.3, 0.4) is 0 Å². The molecular weight excluding hydrogens is 344 g/mol. The Bertz CT molecular complexity index is 819. The minimum absolute atomic E-state index is 0.140. The fraction of sp³-hybridized carbons (Fsp3) is 0.333. The van der Waals surface area contributed by atoms with E-state index in [0.717, 1.165) is 11.1 Å². The molecule has 6 heteroatoms. The number of aliphatic carboxylic acids is 1. The fourth-order valence-corrected chi connectivity index (χ4v) is 3.49. The summed E-state index contributed by atoms with van der Waals surface area (Å²) in [4.78, 5) is 26.1. The third kappa shape index (κ3) is 4.39. The number of hydrogen-bond acceptors (Lipinski definition) is 3. The number of likely N-dealkylation sites (tertiary alicyclic amines) is 1. The van der Waals surface area contributed by atoms with Crippen LogP contribution >= 0.6 is 0 Å². The highest BCUT2D eigenvalue weighted by atomic mass is 16.5. The lowest BCUT2D eigenvalue weighted by Gasteiger charge is -2.38. The second-order valence-electron chi connectivity index (χ2n) is 6.85. The van der Waals surface area contributed by atoms with Gasteiger partial charge in [0.15, 0.2) is 0 Å². The first-order chi connectivity index (χ1) is 13.0. The monoisotopic (exact) mass is 368 g/mol. The quantitative estimate of drug-likeness (QED) is 0.852. The summed E-state index contributed by atoms with van der Waals surface area (Å²) in [6, 6.07) is 14.6. The van der Waals surface area contributed by atoms with Crippen LogP contribution in [0.2, 0.25) is 0 Å². The van der Waals surface area contributed by atoms with Crippen LogP contribution in [0.1, 0.15) is 30.0 Å². The van der Waals surface area contributed by atoms with E-state index in [2.05, 4.69) is 11.4 Å². The number of ether oxygens (including phenoxy) is 1. The van der Waals surface area contributed by atoms with Gasteiger partial charge in [0.25, 0.3) is 0 Å². The van der Waals surface area contributed by atoms with Crippen molar-refractivity contribution in [2.75, 3.05) is 19.0 Å². The van der Waals surface area contributed by atoms with E-state index in [9.17, 15) is 14.7 Å². The van der Waals surface area contributed by atoms with E-state index in [1.807, 2.05) is 25.1 Å². The first-order valence-corrected chi connectivity index (χ1v) is 8.99. The number of nitrogens with one attached hydrogen (secondary N) is 1. The zero-order chi connectivity index (χ0) is 19.4. The van der Waals surface area contributed by atoms with Gasteiger partial charge in [-0.1, -0.05) is 29.8 Å². The molecule has 2 aromatic rings. The Hall–Kier alpha value is -3.02. The Kier molecular flexibility index (Phi) is 5.64.